The second-order valence-corrected chi connectivity index (χ2v) is 6.71. The second-order valence-electron chi connectivity index (χ2n) is 6.71. The Morgan fingerprint density at radius 2 is 1.90 bits per heavy atom. The molecule has 0 aromatic carbocycles. The lowest BCUT2D eigenvalue weighted by Gasteiger charge is -2.33. The van der Waals surface area contributed by atoms with E-state index >= 15 is 0 Å². The smallest absolute Gasteiger partial charge is 0.310 e. The van der Waals surface area contributed by atoms with Crippen LogP contribution in [0.15, 0.2) is 0 Å². The molecule has 0 radical (unpaired) electrons. The highest BCUT2D eigenvalue weighted by molar-refractivity contribution is 5.82. The molecule has 0 bridgehead atoms. The van der Waals surface area contributed by atoms with E-state index in [9.17, 15) is 9.59 Å². The van der Waals surface area contributed by atoms with E-state index in [4.69, 9.17) is 14.2 Å². The van der Waals surface area contributed by atoms with Gasteiger partial charge in [-0.1, -0.05) is 0 Å². The van der Waals surface area contributed by atoms with Crippen LogP contribution in [0.25, 0.3) is 0 Å². The monoisotopic (exact) mass is 284 g/mol. The Morgan fingerprint density at radius 3 is 2.40 bits per heavy atom. The zero-order valence-corrected chi connectivity index (χ0v) is 12.7. The van der Waals surface area contributed by atoms with Crippen LogP contribution in [0.2, 0.25) is 0 Å². The molecule has 5 heteroatoms. The van der Waals surface area contributed by atoms with Gasteiger partial charge in [-0.3, -0.25) is 9.59 Å². The zero-order valence-electron chi connectivity index (χ0n) is 12.7. The molecule has 0 aromatic heterocycles. The highest BCUT2D eigenvalue weighted by atomic mass is 16.6. The topological polar surface area (TPSA) is 65.1 Å². The van der Waals surface area contributed by atoms with Gasteiger partial charge in [-0.15, -0.1) is 0 Å². The highest BCUT2D eigenvalue weighted by Gasteiger charge is 2.55. The average Bonchev–Trinajstić information content (AvgIpc) is 3.06. The minimum atomic E-state index is -0.550. The summed E-state index contributed by atoms with van der Waals surface area (Å²) in [6.07, 6.45) is 2.00. The molecule has 0 aromatic rings. The Hall–Kier alpha value is -1.10. The minimum absolute atomic E-state index is 0.190. The number of carbonyl (C=O) groups is 2. The van der Waals surface area contributed by atoms with E-state index in [1.807, 2.05) is 20.8 Å². The van der Waals surface area contributed by atoms with E-state index < -0.39 is 17.4 Å². The van der Waals surface area contributed by atoms with E-state index in [0.717, 1.165) is 6.42 Å². The summed E-state index contributed by atoms with van der Waals surface area (Å²) >= 11 is 0. The highest BCUT2D eigenvalue weighted by Crippen LogP contribution is 2.47. The number of hydrogen-bond donors (Lipinski definition) is 0. The van der Waals surface area contributed by atoms with Crippen molar-refractivity contribution in [2.45, 2.75) is 58.2 Å². The van der Waals surface area contributed by atoms with Gasteiger partial charge in [0.05, 0.1) is 30.7 Å². The van der Waals surface area contributed by atoms with Crippen LogP contribution in [0, 0.1) is 11.8 Å². The Balaban J connectivity index is 2.09. The molecule has 1 unspecified atom stereocenters. The van der Waals surface area contributed by atoms with Crippen LogP contribution < -0.4 is 0 Å². The molecule has 114 valence electrons. The van der Waals surface area contributed by atoms with Crippen molar-refractivity contribution in [3.05, 3.63) is 0 Å². The molecule has 3 atom stereocenters. The van der Waals surface area contributed by atoms with Crippen molar-refractivity contribution in [3.8, 4) is 0 Å². The fourth-order valence-corrected chi connectivity index (χ4v) is 2.79. The lowest BCUT2D eigenvalue weighted by Crippen LogP contribution is -2.42. The first-order valence-electron chi connectivity index (χ1n) is 7.30. The van der Waals surface area contributed by atoms with Crippen LogP contribution in [-0.4, -0.2) is 36.4 Å². The third-order valence-electron chi connectivity index (χ3n) is 3.84. The summed E-state index contributed by atoms with van der Waals surface area (Å²) < 4.78 is 16.0. The van der Waals surface area contributed by atoms with Crippen molar-refractivity contribution < 1.29 is 23.8 Å². The molecular weight excluding hydrogens is 260 g/mol. The number of hydrogen-bond acceptors (Lipinski definition) is 5. The third kappa shape index (κ3) is 3.51. The zero-order chi connectivity index (χ0) is 15.0. The summed E-state index contributed by atoms with van der Waals surface area (Å²) in [5.41, 5.74) is -0.740. The van der Waals surface area contributed by atoms with Gasteiger partial charge in [-0.2, -0.15) is 0 Å². The van der Waals surface area contributed by atoms with E-state index in [1.54, 1.807) is 6.92 Å². The van der Waals surface area contributed by atoms with E-state index in [2.05, 4.69) is 0 Å². The summed E-state index contributed by atoms with van der Waals surface area (Å²) in [6.45, 7) is 8.28. The van der Waals surface area contributed by atoms with E-state index in [1.165, 1.54) is 0 Å². The molecule has 1 aliphatic heterocycles. The first-order valence-corrected chi connectivity index (χ1v) is 7.30. The van der Waals surface area contributed by atoms with Gasteiger partial charge in [0, 0.05) is 0 Å². The van der Waals surface area contributed by atoms with E-state index in [-0.39, 0.29) is 17.5 Å². The van der Waals surface area contributed by atoms with Crippen LogP contribution in [0.1, 0.15) is 47.0 Å². The maximum atomic E-state index is 12.4. The number of carbonyl (C=O) groups excluding carboxylic acids is 2. The summed E-state index contributed by atoms with van der Waals surface area (Å²) in [4.78, 5) is 24.4. The van der Waals surface area contributed by atoms with Gasteiger partial charge >= 0.3 is 11.9 Å². The summed E-state index contributed by atoms with van der Waals surface area (Å²) in [6, 6.07) is 0. The van der Waals surface area contributed by atoms with Gasteiger partial charge in [0.15, 0.2) is 0 Å². The molecule has 2 rings (SSSR count). The number of esters is 2. The fraction of sp³-hybridized carbons (Fsp3) is 0.867. The first kappa shape index (κ1) is 15.3. The molecule has 1 saturated carbocycles. The fourth-order valence-electron chi connectivity index (χ4n) is 2.79. The van der Waals surface area contributed by atoms with Gasteiger partial charge in [0.1, 0.15) is 5.60 Å². The van der Waals surface area contributed by atoms with E-state index in [0.29, 0.717) is 26.1 Å². The van der Waals surface area contributed by atoms with Crippen molar-refractivity contribution in [1.29, 1.82) is 0 Å². The van der Waals surface area contributed by atoms with Crippen molar-refractivity contribution >= 4 is 11.9 Å². The van der Waals surface area contributed by atoms with Gasteiger partial charge in [-0.25, -0.2) is 0 Å². The Kier molecular flexibility index (Phi) is 4.09. The summed E-state index contributed by atoms with van der Waals surface area (Å²) in [7, 11) is 0. The molecule has 0 amide bonds. The Labute approximate surface area is 120 Å². The van der Waals surface area contributed by atoms with Gasteiger partial charge in [0.2, 0.25) is 0 Å². The molecule has 2 fully saturated rings. The van der Waals surface area contributed by atoms with Gasteiger partial charge in [0.25, 0.3) is 0 Å². The van der Waals surface area contributed by atoms with Crippen LogP contribution in [-0.2, 0) is 23.8 Å². The Bertz CT molecular complexity index is 392. The van der Waals surface area contributed by atoms with Crippen molar-refractivity contribution in [1.82, 2.24) is 0 Å². The lowest BCUT2D eigenvalue weighted by atomic mass is 9.74. The number of ether oxygens (including phenoxy) is 3. The third-order valence-corrected chi connectivity index (χ3v) is 3.84. The van der Waals surface area contributed by atoms with Gasteiger partial charge < -0.3 is 14.2 Å². The van der Waals surface area contributed by atoms with Crippen LogP contribution in [0.5, 0.6) is 0 Å². The average molecular weight is 284 g/mol. The molecule has 1 aliphatic carbocycles. The second kappa shape index (κ2) is 5.35. The predicted molar refractivity (Wildman–Crippen MR) is 72.0 cm³/mol. The number of rotatable bonds is 3. The molecule has 0 N–H and O–H groups in total. The largest absolute Gasteiger partial charge is 0.466 e. The molecule has 5 nitrogen and oxygen atoms in total. The summed E-state index contributed by atoms with van der Waals surface area (Å²) in [5, 5.41) is 0. The summed E-state index contributed by atoms with van der Waals surface area (Å²) in [5.74, 6) is -1.46. The minimum Gasteiger partial charge on any atom is -0.466 e. The molecule has 1 saturated heterocycles. The molecular formula is C15H24O5. The van der Waals surface area contributed by atoms with Crippen molar-refractivity contribution in [2.24, 2.45) is 11.8 Å². The normalized spacial score (nSPS) is 32.8. The van der Waals surface area contributed by atoms with Crippen molar-refractivity contribution in [3.63, 3.8) is 0 Å². The maximum absolute atomic E-state index is 12.4. The van der Waals surface area contributed by atoms with Crippen LogP contribution >= 0.6 is 0 Å². The quantitative estimate of drug-likeness (QED) is 0.586. The Morgan fingerprint density at radius 1 is 1.25 bits per heavy atom. The lowest BCUT2D eigenvalue weighted by molar-refractivity contribution is -0.171. The molecule has 2 aliphatic rings. The van der Waals surface area contributed by atoms with Crippen LogP contribution in [0.3, 0.4) is 0 Å². The SMILES string of the molecule is CCOC(=O)[C@H]1CCC2(CO2)C[C@@H]1C(=O)OC(C)(C)C. The van der Waals surface area contributed by atoms with Crippen LogP contribution in [0.4, 0.5) is 0 Å². The van der Waals surface area contributed by atoms with Crippen molar-refractivity contribution in [2.75, 3.05) is 13.2 Å². The molecule has 1 heterocycles. The molecule has 20 heavy (non-hydrogen) atoms. The standard InChI is InChI=1S/C15H24O5/c1-5-18-12(16)10-6-7-15(9-19-15)8-11(10)13(17)20-14(2,3)4/h10-11H,5-9H2,1-4H3/t10-,11-,15?/m0/s1. The molecule has 1 spiro atoms. The maximum Gasteiger partial charge on any atom is 0.310 e. The van der Waals surface area contributed by atoms with Gasteiger partial charge in [-0.05, 0) is 47.0 Å². The number of epoxide rings is 1. The first-order chi connectivity index (χ1) is 9.26. The predicted octanol–water partition coefficient (Wildman–Crippen LogP) is 2.08.